The van der Waals surface area contributed by atoms with Crippen LogP contribution in [0.3, 0.4) is 0 Å². The number of rotatable bonds is 4. The number of carbonyl (C=O) groups excluding carboxylic acids is 1. The number of aromatic amines is 1. The second-order valence-corrected chi connectivity index (χ2v) is 7.65. The summed E-state index contributed by atoms with van der Waals surface area (Å²) in [6, 6.07) is 5.68. The molecule has 0 spiro atoms. The molecule has 4 heterocycles. The minimum atomic E-state index is -0.181. The van der Waals surface area contributed by atoms with Gasteiger partial charge in [-0.3, -0.25) is 24.5 Å². The summed E-state index contributed by atoms with van der Waals surface area (Å²) < 4.78 is 0. The quantitative estimate of drug-likeness (QED) is 0.699. The topological polar surface area (TPSA) is 91.0 Å². The molecule has 4 rings (SSSR count). The molecule has 3 aromatic rings. The van der Waals surface area contributed by atoms with E-state index in [2.05, 4.69) is 31.2 Å². The number of hydrogen-bond donors (Lipinski definition) is 2. The molecular formula is C23H25N5O2. The van der Waals surface area contributed by atoms with E-state index in [9.17, 15) is 9.59 Å². The van der Waals surface area contributed by atoms with E-state index in [1.54, 1.807) is 19.3 Å². The molecule has 0 unspecified atom stereocenters. The van der Waals surface area contributed by atoms with Crippen molar-refractivity contribution in [2.24, 2.45) is 0 Å². The molecule has 154 valence electrons. The smallest absolute Gasteiger partial charge is 0.269 e. The molecule has 0 aliphatic carbocycles. The van der Waals surface area contributed by atoms with Gasteiger partial charge in [-0.1, -0.05) is 12.1 Å². The van der Waals surface area contributed by atoms with E-state index in [0.717, 1.165) is 59.3 Å². The summed E-state index contributed by atoms with van der Waals surface area (Å²) in [7, 11) is 1.60. The molecule has 0 radical (unpaired) electrons. The zero-order chi connectivity index (χ0) is 21.3. The van der Waals surface area contributed by atoms with E-state index in [1.807, 2.05) is 32.2 Å². The first kappa shape index (κ1) is 20.0. The van der Waals surface area contributed by atoms with E-state index in [1.165, 1.54) is 5.57 Å². The molecule has 1 aliphatic heterocycles. The molecule has 0 fully saturated rings. The normalized spacial score (nSPS) is 14.6. The Morgan fingerprint density at radius 3 is 2.70 bits per heavy atom. The summed E-state index contributed by atoms with van der Waals surface area (Å²) >= 11 is 0. The first-order valence-corrected chi connectivity index (χ1v) is 10.0. The summed E-state index contributed by atoms with van der Waals surface area (Å²) in [5.74, 6) is -0.181. The zero-order valence-electron chi connectivity index (χ0n) is 17.5. The highest BCUT2D eigenvalue weighted by molar-refractivity contribution is 5.92. The number of fused-ring (bicyclic) bond motifs is 1. The van der Waals surface area contributed by atoms with Crippen LogP contribution in [0, 0.1) is 13.8 Å². The standard InChI is InChI=1S/C23H25N5O2/c1-14-15(2)22(29)27-21-10-18(25-12-19(14)21)13-28-8-6-16(7-9-28)17-4-5-20(26-11-17)23(30)24-3/h4-6,10-12H,7-9,13H2,1-3H3,(H,24,30)(H,27,29). The van der Waals surface area contributed by atoms with Gasteiger partial charge in [-0.2, -0.15) is 0 Å². The molecular weight excluding hydrogens is 378 g/mol. The average Bonchev–Trinajstić information content (AvgIpc) is 2.77. The third kappa shape index (κ3) is 3.89. The number of nitrogens with one attached hydrogen (secondary N) is 2. The molecule has 7 heteroatoms. The predicted octanol–water partition coefficient (Wildman–Crippen LogP) is 2.58. The Morgan fingerprint density at radius 2 is 2.03 bits per heavy atom. The molecule has 0 atom stereocenters. The number of hydrogen-bond acceptors (Lipinski definition) is 5. The van der Waals surface area contributed by atoms with Crippen LogP contribution in [0.5, 0.6) is 0 Å². The summed E-state index contributed by atoms with van der Waals surface area (Å²) in [4.78, 5) is 37.9. The van der Waals surface area contributed by atoms with Crippen molar-refractivity contribution in [2.75, 3.05) is 20.1 Å². The van der Waals surface area contributed by atoms with Crippen LogP contribution in [0.25, 0.3) is 16.5 Å². The van der Waals surface area contributed by atoms with Crippen LogP contribution in [-0.2, 0) is 6.54 Å². The molecule has 30 heavy (non-hydrogen) atoms. The fraction of sp³-hybridized carbons (Fsp3) is 0.304. The lowest BCUT2D eigenvalue weighted by Gasteiger charge is -2.26. The molecule has 0 saturated heterocycles. The predicted molar refractivity (Wildman–Crippen MR) is 117 cm³/mol. The zero-order valence-corrected chi connectivity index (χ0v) is 17.5. The fourth-order valence-corrected chi connectivity index (χ4v) is 3.77. The third-order valence-corrected chi connectivity index (χ3v) is 5.79. The Kier molecular flexibility index (Phi) is 5.46. The molecule has 1 aliphatic rings. The van der Waals surface area contributed by atoms with Crippen LogP contribution in [0.2, 0.25) is 0 Å². The fourth-order valence-electron chi connectivity index (χ4n) is 3.77. The molecule has 3 aromatic heterocycles. The van der Waals surface area contributed by atoms with Crippen molar-refractivity contribution in [3.63, 3.8) is 0 Å². The van der Waals surface area contributed by atoms with Gasteiger partial charge in [0.05, 0.1) is 11.2 Å². The molecule has 0 saturated carbocycles. The van der Waals surface area contributed by atoms with Crippen molar-refractivity contribution in [3.8, 4) is 0 Å². The number of nitrogens with zero attached hydrogens (tertiary/aromatic N) is 3. The summed E-state index contributed by atoms with van der Waals surface area (Å²) in [5.41, 5.74) is 6.17. The molecule has 1 amide bonds. The SMILES string of the molecule is CNC(=O)c1ccc(C2=CCN(Cc3cc4[nH]c(=O)c(C)c(C)c4cn3)CC2)cn1. The van der Waals surface area contributed by atoms with Crippen molar-refractivity contribution in [3.05, 3.63) is 75.1 Å². The van der Waals surface area contributed by atoms with Gasteiger partial charge in [-0.05, 0) is 49.1 Å². The highest BCUT2D eigenvalue weighted by Crippen LogP contribution is 2.23. The van der Waals surface area contributed by atoms with Crippen molar-refractivity contribution in [1.29, 1.82) is 0 Å². The number of aromatic nitrogens is 3. The van der Waals surface area contributed by atoms with Gasteiger partial charge in [0, 0.05) is 50.0 Å². The highest BCUT2D eigenvalue weighted by Gasteiger charge is 2.15. The monoisotopic (exact) mass is 403 g/mol. The summed E-state index contributed by atoms with van der Waals surface area (Å²) in [6.07, 6.45) is 6.73. The van der Waals surface area contributed by atoms with E-state index < -0.39 is 0 Å². The van der Waals surface area contributed by atoms with Crippen molar-refractivity contribution in [2.45, 2.75) is 26.8 Å². The largest absolute Gasteiger partial charge is 0.354 e. The van der Waals surface area contributed by atoms with Crippen LogP contribution in [-0.4, -0.2) is 45.9 Å². The molecule has 0 aromatic carbocycles. The minimum Gasteiger partial charge on any atom is -0.354 e. The number of pyridine rings is 3. The molecule has 7 nitrogen and oxygen atoms in total. The van der Waals surface area contributed by atoms with Crippen molar-refractivity contribution < 1.29 is 4.79 Å². The lowest BCUT2D eigenvalue weighted by Crippen LogP contribution is -2.28. The van der Waals surface area contributed by atoms with Crippen molar-refractivity contribution in [1.82, 2.24) is 25.2 Å². The van der Waals surface area contributed by atoms with E-state index in [4.69, 9.17) is 0 Å². The van der Waals surface area contributed by atoms with Gasteiger partial charge in [0.1, 0.15) is 5.69 Å². The minimum absolute atomic E-state index is 0.0428. The van der Waals surface area contributed by atoms with Gasteiger partial charge < -0.3 is 10.3 Å². The molecule has 2 N–H and O–H groups in total. The first-order chi connectivity index (χ1) is 14.5. The van der Waals surface area contributed by atoms with Crippen LogP contribution in [0.1, 0.15) is 39.3 Å². The number of carbonyl (C=O) groups is 1. The van der Waals surface area contributed by atoms with Gasteiger partial charge >= 0.3 is 0 Å². The second-order valence-electron chi connectivity index (χ2n) is 7.65. The van der Waals surface area contributed by atoms with Gasteiger partial charge in [0.25, 0.3) is 11.5 Å². The van der Waals surface area contributed by atoms with E-state index >= 15 is 0 Å². The highest BCUT2D eigenvalue weighted by atomic mass is 16.1. The number of aryl methyl sites for hydroxylation is 1. The first-order valence-electron chi connectivity index (χ1n) is 10.0. The number of H-pyrrole nitrogens is 1. The van der Waals surface area contributed by atoms with Crippen LogP contribution in [0.4, 0.5) is 0 Å². The average molecular weight is 403 g/mol. The Balaban J connectivity index is 1.46. The Labute approximate surface area is 174 Å². The van der Waals surface area contributed by atoms with Gasteiger partial charge in [-0.15, -0.1) is 0 Å². The summed E-state index contributed by atoms with van der Waals surface area (Å²) in [5, 5.41) is 3.57. The molecule has 0 bridgehead atoms. The second kappa shape index (κ2) is 8.20. The number of amides is 1. The van der Waals surface area contributed by atoms with Crippen LogP contribution < -0.4 is 10.9 Å². The Bertz CT molecular complexity index is 1190. The maximum absolute atomic E-state index is 12.1. The van der Waals surface area contributed by atoms with Crippen LogP contribution >= 0.6 is 0 Å². The summed E-state index contributed by atoms with van der Waals surface area (Å²) in [6.45, 7) is 6.24. The van der Waals surface area contributed by atoms with Gasteiger partial charge in [0.2, 0.25) is 0 Å². The van der Waals surface area contributed by atoms with Gasteiger partial charge in [0.15, 0.2) is 0 Å². The van der Waals surface area contributed by atoms with E-state index in [0.29, 0.717) is 5.69 Å². The maximum atomic E-state index is 12.1. The third-order valence-electron chi connectivity index (χ3n) is 5.79. The van der Waals surface area contributed by atoms with Crippen molar-refractivity contribution >= 4 is 22.4 Å². The Morgan fingerprint density at radius 1 is 1.20 bits per heavy atom. The Hall–Kier alpha value is -3.32. The van der Waals surface area contributed by atoms with Gasteiger partial charge in [-0.25, -0.2) is 0 Å². The lowest BCUT2D eigenvalue weighted by atomic mass is 10.0. The van der Waals surface area contributed by atoms with E-state index in [-0.39, 0.29) is 11.5 Å². The lowest BCUT2D eigenvalue weighted by molar-refractivity contribution is 0.0958. The van der Waals surface area contributed by atoms with Crippen LogP contribution in [0.15, 0.2) is 41.5 Å². The maximum Gasteiger partial charge on any atom is 0.269 e.